The van der Waals surface area contributed by atoms with E-state index in [1.807, 2.05) is 0 Å². The summed E-state index contributed by atoms with van der Waals surface area (Å²) in [5.41, 5.74) is 0.146. The third-order valence-electron chi connectivity index (χ3n) is 2.91. The van der Waals surface area contributed by atoms with Crippen LogP contribution in [0.2, 0.25) is 0 Å². The number of carboxylic acids is 1. The Kier molecular flexibility index (Phi) is 4.59. The van der Waals surface area contributed by atoms with E-state index >= 15 is 0 Å². The first-order chi connectivity index (χ1) is 10.0. The minimum absolute atomic E-state index is 0.0653. The molecular weight excluding hydrogens is 284 g/mol. The van der Waals surface area contributed by atoms with Gasteiger partial charge in [0.1, 0.15) is 11.6 Å². The van der Waals surface area contributed by atoms with Gasteiger partial charge >= 0.3 is 5.97 Å². The summed E-state index contributed by atoms with van der Waals surface area (Å²) in [5.74, 6) is -2.41. The van der Waals surface area contributed by atoms with Gasteiger partial charge in [0.25, 0.3) is 0 Å². The molecule has 0 aliphatic rings. The molecule has 2 rings (SSSR count). The fraction of sp³-hybridized carbons (Fsp3) is 0.308. The summed E-state index contributed by atoms with van der Waals surface area (Å²) in [4.78, 5) is 11.1. The zero-order valence-corrected chi connectivity index (χ0v) is 11.2. The normalized spacial score (nSPS) is 10.8. The molecule has 0 aliphatic heterocycles. The van der Waals surface area contributed by atoms with Crippen molar-refractivity contribution >= 4 is 5.97 Å². The first-order valence-electron chi connectivity index (χ1n) is 6.11. The first kappa shape index (κ1) is 15.0. The number of carbonyl (C=O) groups is 1. The van der Waals surface area contributed by atoms with Gasteiger partial charge in [0.2, 0.25) is 0 Å². The van der Waals surface area contributed by atoms with Gasteiger partial charge in [-0.15, -0.1) is 5.10 Å². The Morgan fingerprint density at radius 3 is 2.86 bits per heavy atom. The number of aromatic nitrogens is 3. The minimum Gasteiger partial charge on any atom is -0.476 e. The van der Waals surface area contributed by atoms with Crippen LogP contribution in [0.25, 0.3) is 0 Å². The molecule has 1 aromatic carbocycles. The Hall–Kier alpha value is -2.35. The number of halogens is 2. The zero-order valence-electron chi connectivity index (χ0n) is 11.2. The van der Waals surface area contributed by atoms with Crippen LogP contribution < -0.4 is 0 Å². The second kappa shape index (κ2) is 6.40. The molecule has 0 saturated carbocycles. The number of nitrogens with zero attached hydrogens (tertiary/aromatic N) is 3. The largest absolute Gasteiger partial charge is 0.476 e. The zero-order chi connectivity index (χ0) is 15.4. The fourth-order valence-corrected chi connectivity index (χ4v) is 1.90. The number of aromatic carboxylic acids is 1. The van der Waals surface area contributed by atoms with Gasteiger partial charge in [0, 0.05) is 19.1 Å². The van der Waals surface area contributed by atoms with E-state index in [1.165, 1.54) is 11.8 Å². The average molecular weight is 297 g/mol. The molecule has 0 fully saturated rings. The molecule has 2 aromatic rings. The standard InChI is InChI=1S/C13H13F2N3O3/c1-21-5-4-11-12(13(19)20)16-17-18(11)7-8-6-9(14)2-3-10(8)15/h2-3,6H,4-5,7H2,1H3,(H,19,20). The molecular formula is C13H13F2N3O3. The summed E-state index contributed by atoms with van der Waals surface area (Å²) in [6.45, 7) is 0.155. The maximum atomic E-state index is 13.6. The number of methoxy groups -OCH3 is 1. The predicted molar refractivity (Wildman–Crippen MR) is 68.0 cm³/mol. The van der Waals surface area contributed by atoms with Crippen LogP contribution in [0.3, 0.4) is 0 Å². The molecule has 0 unspecified atom stereocenters. The van der Waals surface area contributed by atoms with Gasteiger partial charge in [0.05, 0.1) is 18.8 Å². The number of ether oxygens (including phenoxy) is 1. The Bertz CT molecular complexity index is 658. The van der Waals surface area contributed by atoms with Gasteiger partial charge in [0.15, 0.2) is 5.69 Å². The highest BCUT2D eigenvalue weighted by atomic mass is 19.1. The molecule has 6 nitrogen and oxygen atoms in total. The van der Waals surface area contributed by atoms with Crippen LogP contribution in [0, 0.1) is 11.6 Å². The topological polar surface area (TPSA) is 77.2 Å². The summed E-state index contributed by atoms with van der Waals surface area (Å²) in [5, 5.41) is 16.3. The van der Waals surface area contributed by atoms with Crippen LogP contribution in [0.15, 0.2) is 18.2 Å². The molecule has 8 heteroatoms. The predicted octanol–water partition coefficient (Wildman–Crippen LogP) is 1.49. The van der Waals surface area contributed by atoms with Crippen molar-refractivity contribution < 1.29 is 23.4 Å². The molecule has 1 N–H and O–H groups in total. The highest BCUT2D eigenvalue weighted by molar-refractivity contribution is 5.86. The van der Waals surface area contributed by atoms with Gasteiger partial charge in [-0.1, -0.05) is 5.21 Å². The summed E-state index contributed by atoms with van der Waals surface area (Å²) in [7, 11) is 1.47. The Labute approximate surface area is 119 Å². The number of hydrogen-bond donors (Lipinski definition) is 1. The van der Waals surface area contributed by atoms with E-state index in [1.54, 1.807) is 0 Å². The number of hydrogen-bond acceptors (Lipinski definition) is 4. The molecule has 0 bridgehead atoms. The molecule has 112 valence electrons. The van der Waals surface area contributed by atoms with Crippen molar-refractivity contribution in [3.8, 4) is 0 Å². The van der Waals surface area contributed by atoms with Crippen molar-refractivity contribution in [1.82, 2.24) is 15.0 Å². The van der Waals surface area contributed by atoms with Crippen LogP contribution in [0.5, 0.6) is 0 Å². The molecule has 0 spiro atoms. The Morgan fingerprint density at radius 2 is 2.19 bits per heavy atom. The minimum atomic E-state index is -1.23. The van der Waals surface area contributed by atoms with Crippen LogP contribution >= 0.6 is 0 Å². The smallest absolute Gasteiger partial charge is 0.358 e. The highest BCUT2D eigenvalue weighted by Crippen LogP contribution is 2.14. The molecule has 1 heterocycles. The third-order valence-corrected chi connectivity index (χ3v) is 2.91. The molecule has 0 radical (unpaired) electrons. The van der Waals surface area contributed by atoms with Crippen molar-refractivity contribution in [2.24, 2.45) is 0 Å². The van der Waals surface area contributed by atoms with Crippen molar-refractivity contribution in [2.45, 2.75) is 13.0 Å². The molecule has 21 heavy (non-hydrogen) atoms. The van der Waals surface area contributed by atoms with Crippen LogP contribution in [0.4, 0.5) is 8.78 Å². The molecule has 0 amide bonds. The third kappa shape index (κ3) is 3.40. The van der Waals surface area contributed by atoms with E-state index in [0.29, 0.717) is 5.69 Å². The molecule has 0 saturated heterocycles. The van der Waals surface area contributed by atoms with Crippen molar-refractivity contribution in [3.63, 3.8) is 0 Å². The van der Waals surface area contributed by atoms with Crippen molar-refractivity contribution in [1.29, 1.82) is 0 Å². The lowest BCUT2D eigenvalue weighted by Gasteiger charge is -2.08. The summed E-state index contributed by atoms with van der Waals surface area (Å²) >= 11 is 0. The lowest BCUT2D eigenvalue weighted by Crippen LogP contribution is -2.12. The maximum Gasteiger partial charge on any atom is 0.358 e. The van der Waals surface area contributed by atoms with E-state index in [9.17, 15) is 13.6 Å². The first-order valence-corrected chi connectivity index (χ1v) is 6.11. The van der Waals surface area contributed by atoms with E-state index in [2.05, 4.69) is 10.3 Å². The maximum absolute atomic E-state index is 13.6. The van der Waals surface area contributed by atoms with E-state index in [-0.39, 0.29) is 30.8 Å². The van der Waals surface area contributed by atoms with Crippen LogP contribution in [0.1, 0.15) is 21.7 Å². The Balaban J connectivity index is 2.34. The highest BCUT2D eigenvalue weighted by Gasteiger charge is 2.19. The lowest BCUT2D eigenvalue weighted by atomic mass is 10.2. The van der Waals surface area contributed by atoms with Crippen molar-refractivity contribution in [3.05, 3.63) is 46.8 Å². The number of carboxylic acid groups (broad SMARTS) is 1. The van der Waals surface area contributed by atoms with E-state index in [4.69, 9.17) is 9.84 Å². The monoisotopic (exact) mass is 297 g/mol. The SMILES string of the molecule is COCCc1c(C(=O)O)nnn1Cc1cc(F)ccc1F. The quantitative estimate of drug-likeness (QED) is 0.874. The molecule has 0 atom stereocenters. The van der Waals surface area contributed by atoms with Gasteiger partial charge in [-0.05, 0) is 18.2 Å². The Morgan fingerprint density at radius 1 is 1.43 bits per heavy atom. The molecule has 1 aromatic heterocycles. The molecule has 0 aliphatic carbocycles. The fourth-order valence-electron chi connectivity index (χ4n) is 1.90. The van der Waals surface area contributed by atoms with Gasteiger partial charge in [-0.25, -0.2) is 18.3 Å². The van der Waals surface area contributed by atoms with Crippen LogP contribution in [-0.2, 0) is 17.7 Å². The van der Waals surface area contributed by atoms with Gasteiger partial charge in [-0.3, -0.25) is 0 Å². The van der Waals surface area contributed by atoms with Crippen molar-refractivity contribution in [2.75, 3.05) is 13.7 Å². The second-order valence-corrected chi connectivity index (χ2v) is 4.33. The number of rotatable bonds is 6. The number of benzene rings is 1. The summed E-state index contributed by atoms with van der Waals surface area (Å²) in [6.07, 6.45) is 0.252. The summed E-state index contributed by atoms with van der Waals surface area (Å²) < 4.78 is 32.9. The van der Waals surface area contributed by atoms with E-state index in [0.717, 1.165) is 18.2 Å². The lowest BCUT2D eigenvalue weighted by molar-refractivity contribution is 0.0688. The van der Waals surface area contributed by atoms with Gasteiger partial charge in [-0.2, -0.15) is 0 Å². The summed E-state index contributed by atoms with van der Waals surface area (Å²) in [6, 6.07) is 3.06. The van der Waals surface area contributed by atoms with Crippen LogP contribution in [-0.4, -0.2) is 39.8 Å². The second-order valence-electron chi connectivity index (χ2n) is 4.33. The van der Waals surface area contributed by atoms with Gasteiger partial charge < -0.3 is 9.84 Å². The average Bonchev–Trinajstić information content (AvgIpc) is 2.83. The van der Waals surface area contributed by atoms with E-state index < -0.39 is 17.6 Å².